The predicted octanol–water partition coefficient (Wildman–Crippen LogP) is 3.06. The molecule has 0 spiro atoms. The number of benzene rings is 1. The number of para-hydroxylation sites is 1. The number of hydrogen-bond donors (Lipinski definition) is 1. The van der Waals surface area contributed by atoms with Gasteiger partial charge in [-0.3, -0.25) is 4.99 Å². The van der Waals surface area contributed by atoms with Crippen molar-refractivity contribution in [3.63, 3.8) is 0 Å². The Kier molecular flexibility index (Phi) is 4.29. The van der Waals surface area contributed by atoms with Crippen molar-refractivity contribution in [2.45, 2.75) is 38.7 Å². The van der Waals surface area contributed by atoms with Crippen LogP contribution in [0.1, 0.15) is 31.9 Å². The summed E-state index contributed by atoms with van der Waals surface area (Å²) >= 11 is 0. The quantitative estimate of drug-likeness (QED) is 0.930. The van der Waals surface area contributed by atoms with Gasteiger partial charge in [-0.1, -0.05) is 25.1 Å². The van der Waals surface area contributed by atoms with E-state index in [2.05, 4.69) is 9.73 Å². The molecule has 2 unspecified atom stereocenters. The van der Waals surface area contributed by atoms with Gasteiger partial charge in [-0.15, -0.1) is 13.2 Å². The second kappa shape index (κ2) is 5.83. The Labute approximate surface area is 121 Å². The number of alkyl halides is 3. The van der Waals surface area contributed by atoms with E-state index in [4.69, 9.17) is 5.73 Å². The summed E-state index contributed by atoms with van der Waals surface area (Å²) < 4.78 is 41.7. The van der Waals surface area contributed by atoms with Crippen molar-refractivity contribution in [3.05, 3.63) is 29.8 Å². The summed E-state index contributed by atoms with van der Waals surface area (Å²) in [5.41, 5.74) is 6.32. The molecule has 0 amide bonds. The molecule has 1 heterocycles. The molecular weight excluding hydrogens is 283 g/mol. The molecule has 0 bridgehead atoms. The van der Waals surface area contributed by atoms with E-state index in [1.54, 1.807) is 12.1 Å². The van der Waals surface area contributed by atoms with Gasteiger partial charge >= 0.3 is 6.36 Å². The smallest absolute Gasteiger partial charge is 0.405 e. The van der Waals surface area contributed by atoms with E-state index >= 15 is 0 Å². The minimum atomic E-state index is -4.72. The van der Waals surface area contributed by atoms with Crippen molar-refractivity contribution in [1.29, 1.82) is 0 Å². The van der Waals surface area contributed by atoms with Crippen LogP contribution in [0.4, 0.5) is 13.2 Å². The average molecular weight is 301 g/mol. The number of aliphatic imine (C=N–C) groups is 1. The lowest BCUT2D eigenvalue weighted by molar-refractivity contribution is -0.275. The number of nitrogens with zero attached hydrogens (tertiary/aromatic N) is 2. The minimum absolute atomic E-state index is 0.0835. The third-order valence-corrected chi connectivity index (χ3v) is 3.60. The molecule has 0 radical (unpaired) electrons. The third-order valence-electron chi connectivity index (χ3n) is 3.60. The first-order chi connectivity index (χ1) is 9.83. The van der Waals surface area contributed by atoms with Crippen LogP contribution in [0, 0.1) is 0 Å². The Morgan fingerprint density at radius 3 is 2.71 bits per heavy atom. The van der Waals surface area contributed by atoms with Crippen molar-refractivity contribution in [2.75, 3.05) is 6.54 Å². The van der Waals surface area contributed by atoms with E-state index < -0.39 is 6.36 Å². The van der Waals surface area contributed by atoms with Gasteiger partial charge < -0.3 is 15.4 Å². The molecule has 2 atom stereocenters. The van der Waals surface area contributed by atoms with Crippen molar-refractivity contribution in [2.24, 2.45) is 10.7 Å². The lowest BCUT2D eigenvalue weighted by atomic mass is 10.0. The number of halogens is 3. The van der Waals surface area contributed by atoms with Crippen LogP contribution in [0.25, 0.3) is 0 Å². The van der Waals surface area contributed by atoms with Crippen molar-refractivity contribution < 1.29 is 17.9 Å². The van der Waals surface area contributed by atoms with Gasteiger partial charge in [0.25, 0.3) is 0 Å². The highest BCUT2D eigenvalue weighted by atomic mass is 19.4. The van der Waals surface area contributed by atoms with E-state index in [1.165, 1.54) is 12.1 Å². The van der Waals surface area contributed by atoms with Gasteiger partial charge in [0, 0.05) is 11.6 Å². The van der Waals surface area contributed by atoms with E-state index in [1.807, 2.05) is 18.7 Å². The second-order valence-electron chi connectivity index (χ2n) is 4.96. The zero-order valence-corrected chi connectivity index (χ0v) is 11.9. The fraction of sp³-hybridized carbons (Fsp3) is 0.500. The molecule has 0 aliphatic carbocycles. The van der Waals surface area contributed by atoms with Crippen LogP contribution in [0.3, 0.4) is 0 Å². The van der Waals surface area contributed by atoms with Gasteiger partial charge in [0.15, 0.2) is 5.96 Å². The summed E-state index contributed by atoms with van der Waals surface area (Å²) in [5.74, 6) is 0.157. The van der Waals surface area contributed by atoms with E-state index in [9.17, 15) is 13.2 Å². The van der Waals surface area contributed by atoms with Gasteiger partial charge in [-0.25, -0.2) is 0 Å². The van der Waals surface area contributed by atoms with Crippen molar-refractivity contribution in [3.8, 4) is 5.75 Å². The highest BCUT2D eigenvalue weighted by molar-refractivity contribution is 5.81. The van der Waals surface area contributed by atoms with Crippen LogP contribution in [0.15, 0.2) is 29.3 Å². The molecule has 1 aliphatic rings. The van der Waals surface area contributed by atoms with Crippen molar-refractivity contribution in [1.82, 2.24) is 4.90 Å². The summed E-state index contributed by atoms with van der Waals surface area (Å²) in [5, 5.41) is 0. The number of hydrogen-bond acceptors (Lipinski definition) is 4. The largest absolute Gasteiger partial charge is 0.573 e. The zero-order valence-electron chi connectivity index (χ0n) is 11.9. The van der Waals surface area contributed by atoms with E-state index in [0.717, 1.165) is 6.42 Å². The molecule has 116 valence electrons. The number of ether oxygens (including phenoxy) is 1. The van der Waals surface area contributed by atoms with Crippen LogP contribution in [0.5, 0.6) is 5.75 Å². The molecule has 4 nitrogen and oxygen atoms in total. The molecule has 21 heavy (non-hydrogen) atoms. The summed E-state index contributed by atoms with van der Waals surface area (Å²) in [4.78, 5) is 6.01. The maximum Gasteiger partial charge on any atom is 0.573 e. The summed E-state index contributed by atoms with van der Waals surface area (Å²) in [6.45, 7) is 4.29. The molecule has 0 fully saturated rings. The lowest BCUT2D eigenvalue weighted by Crippen LogP contribution is -2.42. The van der Waals surface area contributed by atoms with Crippen molar-refractivity contribution >= 4 is 5.96 Å². The Morgan fingerprint density at radius 1 is 1.43 bits per heavy atom. The Morgan fingerprint density at radius 2 is 2.10 bits per heavy atom. The molecule has 1 aromatic carbocycles. The van der Waals surface area contributed by atoms with E-state index in [0.29, 0.717) is 18.1 Å². The highest BCUT2D eigenvalue weighted by Gasteiger charge is 2.36. The maximum atomic E-state index is 12.5. The van der Waals surface area contributed by atoms with Crippen LogP contribution in [-0.2, 0) is 0 Å². The number of guanidine groups is 1. The molecule has 1 aromatic rings. The van der Waals surface area contributed by atoms with Gasteiger partial charge in [0.2, 0.25) is 0 Å². The number of rotatable bonds is 4. The zero-order chi connectivity index (χ0) is 15.6. The first-order valence-electron chi connectivity index (χ1n) is 6.76. The van der Waals surface area contributed by atoms with Gasteiger partial charge in [0.05, 0.1) is 12.6 Å². The SMILES string of the molecule is CCC(C)N1C(N)=NCC1c1ccccc1OC(F)(F)F. The first-order valence-corrected chi connectivity index (χ1v) is 6.76. The predicted molar refractivity (Wildman–Crippen MR) is 73.9 cm³/mol. The summed E-state index contributed by atoms with van der Waals surface area (Å²) in [6.07, 6.45) is -3.91. The molecule has 1 aliphatic heterocycles. The van der Waals surface area contributed by atoms with Gasteiger partial charge in [-0.05, 0) is 19.4 Å². The molecule has 7 heteroatoms. The Hall–Kier alpha value is -1.92. The fourth-order valence-electron chi connectivity index (χ4n) is 2.46. The maximum absolute atomic E-state index is 12.5. The van der Waals surface area contributed by atoms with Crippen LogP contribution < -0.4 is 10.5 Å². The Balaban J connectivity index is 2.34. The molecule has 2 N–H and O–H groups in total. The van der Waals surface area contributed by atoms with Crippen LogP contribution in [-0.4, -0.2) is 29.8 Å². The molecular formula is C14H18F3N3O. The standard InChI is InChI=1S/C14H18F3N3O/c1-3-9(2)20-11(8-19-13(20)18)10-6-4-5-7-12(10)21-14(15,16)17/h4-7,9,11H,3,8H2,1-2H3,(H2,18,19). The third kappa shape index (κ3) is 3.40. The van der Waals surface area contributed by atoms with Gasteiger partial charge in [-0.2, -0.15) is 0 Å². The summed E-state index contributed by atoms with van der Waals surface area (Å²) in [7, 11) is 0. The topological polar surface area (TPSA) is 50.8 Å². The first kappa shape index (κ1) is 15.5. The normalized spacial score (nSPS) is 20.3. The van der Waals surface area contributed by atoms with Crippen LogP contribution >= 0.6 is 0 Å². The number of nitrogens with two attached hydrogens (primary N) is 1. The Bertz CT molecular complexity index is 530. The molecule has 0 saturated heterocycles. The average Bonchev–Trinajstić information content (AvgIpc) is 2.78. The molecule has 2 rings (SSSR count). The lowest BCUT2D eigenvalue weighted by Gasteiger charge is -2.32. The summed E-state index contributed by atoms with van der Waals surface area (Å²) in [6, 6.07) is 5.87. The van der Waals surface area contributed by atoms with E-state index in [-0.39, 0.29) is 17.8 Å². The molecule has 0 saturated carbocycles. The van der Waals surface area contributed by atoms with Crippen LogP contribution in [0.2, 0.25) is 0 Å². The second-order valence-corrected chi connectivity index (χ2v) is 4.96. The minimum Gasteiger partial charge on any atom is -0.405 e. The molecule has 0 aromatic heterocycles. The van der Waals surface area contributed by atoms with Gasteiger partial charge in [0.1, 0.15) is 5.75 Å². The fourth-order valence-corrected chi connectivity index (χ4v) is 2.46. The monoisotopic (exact) mass is 301 g/mol. The highest BCUT2D eigenvalue weighted by Crippen LogP contribution is 2.36.